The first-order valence-electron chi connectivity index (χ1n) is 7.17. The topological polar surface area (TPSA) is 32.7 Å². The number of hydrogen-bond acceptors (Lipinski definition) is 3. The van der Waals surface area contributed by atoms with Crippen molar-refractivity contribution in [3.8, 4) is 5.75 Å². The molecule has 0 amide bonds. The summed E-state index contributed by atoms with van der Waals surface area (Å²) in [5.41, 5.74) is 2.04. The number of methoxy groups -OCH3 is 1. The Morgan fingerprint density at radius 2 is 2.05 bits per heavy atom. The van der Waals surface area contributed by atoms with E-state index in [9.17, 15) is 5.11 Å². The van der Waals surface area contributed by atoms with Gasteiger partial charge in [-0.05, 0) is 37.8 Å². The van der Waals surface area contributed by atoms with Crippen LogP contribution in [0.3, 0.4) is 0 Å². The third-order valence-corrected chi connectivity index (χ3v) is 4.06. The van der Waals surface area contributed by atoms with Crippen molar-refractivity contribution >= 4 is 5.69 Å². The van der Waals surface area contributed by atoms with E-state index in [0.29, 0.717) is 12.0 Å². The Morgan fingerprint density at radius 3 is 2.63 bits per heavy atom. The fourth-order valence-corrected chi connectivity index (χ4v) is 3.17. The average molecular weight is 263 g/mol. The highest BCUT2D eigenvalue weighted by atomic mass is 16.5. The lowest BCUT2D eigenvalue weighted by Gasteiger charge is -2.32. The second-order valence-electron chi connectivity index (χ2n) is 5.72. The molecule has 0 aromatic heterocycles. The summed E-state index contributed by atoms with van der Waals surface area (Å²) < 4.78 is 5.42. The van der Waals surface area contributed by atoms with Crippen LogP contribution >= 0.6 is 0 Å². The number of benzene rings is 1. The molecule has 106 valence electrons. The highest BCUT2D eigenvalue weighted by Gasteiger charge is 2.30. The summed E-state index contributed by atoms with van der Waals surface area (Å²) in [4.78, 5) is 2.44. The smallest absolute Gasteiger partial charge is 0.126 e. The van der Waals surface area contributed by atoms with Crippen LogP contribution in [0, 0.1) is 5.92 Å². The van der Waals surface area contributed by atoms with Gasteiger partial charge in [0.15, 0.2) is 0 Å². The Balaban J connectivity index is 2.44. The maximum atomic E-state index is 10.1. The summed E-state index contributed by atoms with van der Waals surface area (Å²) in [5.74, 6) is 1.40. The molecule has 1 heterocycles. The van der Waals surface area contributed by atoms with E-state index < -0.39 is 6.10 Å². The van der Waals surface area contributed by atoms with Crippen LogP contribution in [0.4, 0.5) is 5.69 Å². The van der Waals surface area contributed by atoms with Gasteiger partial charge < -0.3 is 14.7 Å². The molecule has 19 heavy (non-hydrogen) atoms. The number of ether oxygens (including phenoxy) is 1. The van der Waals surface area contributed by atoms with Crippen molar-refractivity contribution in [3.05, 3.63) is 23.8 Å². The second kappa shape index (κ2) is 5.83. The molecule has 0 bridgehead atoms. The zero-order valence-electron chi connectivity index (χ0n) is 12.4. The third kappa shape index (κ3) is 2.71. The Bertz CT molecular complexity index is 429. The van der Waals surface area contributed by atoms with Crippen molar-refractivity contribution < 1.29 is 9.84 Å². The molecule has 1 aliphatic rings. The molecule has 2 atom stereocenters. The molecule has 0 saturated carbocycles. The van der Waals surface area contributed by atoms with E-state index in [1.54, 1.807) is 7.11 Å². The minimum atomic E-state index is -0.514. The van der Waals surface area contributed by atoms with E-state index in [2.05, 4.69) is 24.8 Å². The van der Waals surface area contributed by atoms with E-state index in [0.717, 1.165) is 23.5 Å². The highest BCUT2D eigenvalue weighted by Crippen LogP contribution is 2.39. The summed E-state index contributed by atoms with van der Waals surface area (Å²) in [6.45, 7) is 7.41. The highest BCUT2D eigenvalue weighted by molar-refractivity contribution is 5.61. The minimum Gasteiger partial charge on any atom is -0.496 e. The van der Waals surface area contributed by atoms with Gasteiger partial charge >= 0.3 is 0 Å². The summed E-state index contributed by atoms with van der Waals surface area (Å²) >= 11 is 0. The molecule has 1 aliphatic heterocycles. The summed E-state index contributed by atoms with van der Waals surface area (Å²) in [6, 6.07) is 6.59. The SMILES string of the molecule is COc1cccc(N2CCCC2C(C)C)c1[C@H](C)O. The van der Waals surface area contributed by atoms with Gasteiger partial charge in [0.25, 0.3) is 0 Å². The van der Waals surface area contributed by atoms with E-state index in [1.165, 1.54) is 12.8 Å². The van der Waals surface area contributed by atoms with Gasteiger partial charge in [-0.3, -0.25) is 0 Å². The number of nitrogens with zero attached hydrogens (tertiary/aromatic N) is 1. The van der Waals surface area contributed by atoms with Crippen molar-refractivity contribution in [1.29, 1.82) is 0 Å². The Kier molecular flexibility index (Phi) is 4.35. The van der Waals surface area contributed by atoms with Gasteiger partial charge in [-0.1, -0.05) is 19.9 Å². The molecule has 1 aromatic carbocycles. The predicted octanol–water partition coefficient (Wildman–Crippen LogP) is 3.37. The van der Waals surface area contributed by atoms with Crippen molar-refractivity contribution in [2.24, 2.45) is 5.92 Å². The van der Waals surface area contributed by atoms with Crippen LogP contribution in [0.25, 0.3) is 0 Å². The van der Waals surface area contributed by atoms with Crippen LogP contribution in [-0.2, 0) is 0 Å². The molecule has 3 nitrogen and oxygen atoms in total. The average Bonchev–Trinajstić information content (AvgIpc) is 2.86. The van der Waals surface area contributed by atoms with Gasteiger partial charge in [-0.2, -0.15) is 0 Å². The number of rotatable bonds is 4. The van der Waals surface area contributed by atoms with Crippen LogP contribution in [0.15, 0.2) is 18.2 Å². The third-order valence-electron chi connectivity index (χ3n) is 4.06. The molecule has 3 heteroatoms. The van der Waals surface area contributed by atoms with Crippen molar-refractivity contribution in [2.75, 3.05) is 18.6 Å². The number of hydrogen-bond donors (Lipinski definition) is 1. The van der Waals surface area contributed by atoms with Crippen molar-refractivity contribution in [1.82, 2.24) is 0 Å². The van der Waals surface area contributed by atoms with Crippen molar-refractivity contribution in [3.63, 3.8) is 0 Å². The number of aliphatic hydroxyl groups is 1. The maximum absolute atomic E-state index is 10.1. The van der Waals surface area contributed by atoms with E-state index in [4.69, 9.17) is 4.74 Å². The van der Waals surface area contributed by atoms with Crippen LogP contribution in [0.5, 0.6) is 5.75 Å². The van der Waals surface area contributed by atoms with Crippen LogP contribution < -0.4 is 9.64 Å². The van der Waals surface area contributed by atoms with Crippen LogP contribution in [0.2, 0.25) is 0 Å². The van der Waals surface area contributed by atoms with Gasteiger partial charge in [0.2, 0.25) is 0 Å². The second-order valence-corrected chi connectivity index (χ2v) is 5.72. The lowest BCUT2D eigenvalue weighted by Crippen LogP contribution is -2.34. The molecule has 1 fully saturated rings. The van der Waals surface area contributed by atoms with Crippen LogP contribution in [-0.4, -0.2) is 24.8 Å². The van der Waals surface area contributed by atoms with E-state index in [1.807, 2.05) is 19.1 Å². The van der Waals surface area contributed by atoms with Gasteiger partial charge in [0, 0.05) is 23.8 Å². The summed E-state index contributed by atoms with van der Waals surface area (Å²) in [5, 5.41) is 10.1. The van der Waals surface area contributed by atoms with Crippen molar-refractivity contribution in [2.45, 2.75) is 45.8 Å². The Labute approximate surface area is 116 Å². The molecular formula is C16H25NO2. The summed E-state index contributed by atoms with van der Waals surface area (Å²) in [7, 11) is 1.66. The molecule has 0 spiro atoms. The zero-order valence-corrected chi connectivity index (χ0v) is 12.4. The molecule has 1 saturated heterocycles. The zero-order chi connectivity index (χ0) is 14.0. The first-order chi connectivity index (χ1) is 9.06. The minimum absolute atomic E-state index is 0.514. The van der Waals surface area contributed by atoms with Gasteiger partial charge in [-0.25, -0.2) is 0 Å². The monoisotopic (exact) mass is 263 g/mol. The molecule has 1 unspecified atom stereocenters. The fraction of sp³-hybridized carbons (Fsp3) is 0.625. The maximum Gasteiger partial charge on any atom is 0.126 e. The van der Waals surface area contributed by atoms with E-state index >= 15 is 0 Å². The lowest BCUT2D eigenvalue weighted by molar-refractivity contribution is 0.194. The molecule has 0 radical (unpaired) electrons. The van der Waals surface area contributed by atoms with Crippen LogP contribution in [0.1, 0.15) is 45.3 Å². The number of aliphatic hydroxyl groups excluding tert-OH is 1. The Morgan fingerprint density at radius 1 is 1.32 bits per heavy atom. The van der Waals surface area contributed by atoms with Gasteiger partial charge in [-0.15, -0.1) is 0 Å². The first-order valence-corrected chi connectivity index (χ1v) is 7.17. The fourth-order valence-electron chi connectivity index (χ4n) is 3.17. The molecule has 0 aliphatic carbocycles. The van der Waals surface area contributed by atoms with Gasteiger partial charge in [0.05, 0.1) is 13.2 Å². The largest absolute Gasteiger partial charge is 0.496 e. The molecular weight excluding hydrogens is 238 g/mol. The predicted molar refractivity (Wildman–Crippen MR) is 78.8 cm³/mol. The quantitative estimate of drug-likeness (QED) is 0.904. The standard InChI is InChI=1S/C16H25NO2/c1-11(2)13-8-6-10-17(13)14-7-5-9-15(19-4)16(14)12(3)18/h5,7,9,11-13,18H,6,8,10H2,1-4H3/t12-,13?/m0/s1. The molecule has 1 aromatic rings. The summed E-state index contributed by atoms with van der Waals surface area (Å²) in [6.07, 6.45) is 1.94. The van der Waals surface area contributed by atoms with Gasteiger partial charge in [0.1, 0.15) is 5.75 Å². The molecule has 2 rings (SSSR count). The van der Waals surface area contributed by atoms with E-state index in [-0.39, 0.29) is 0 Å². The first kappa shape index (κ1) is 14.2. The Hall–Kier alpha value is -1.22. The number of anilines is 1. The lowest BCUT2D eigenvalue weighted by atomic mass is 9.99. The normalized spacial score (nSPS) is 20.9. The molecule has 1 N–H and O–H groups in total.